The number of aromatic hydroxyl groups is 2. The van der Waals surface area contributed by atoms with Gasteiger partial charge in [-0.2, -0.15) is 5.48 Å². The molecule has 1 aromatic heterocycles. The highest BCUT2D eigenvalue weighted by Gasteiger charge is 2.56. The molecule has 6 amide bonds. The van der Waals surface area contributed by atoms with Gasteiger partial charge in [0, 0.05) is 30.5 Å². The first kappa shape index (κ1) is 38.1. The Kier molecular flexibility index (Phi) is 11.2. The maximum absolute atomic E-state index is 13.3. The van der Waals surface area contributed by atoms with Crippen molar-refractivity contribution < 1.29 is 54.1 Å². The van der Waals surface area contributed by atoms with E-state index in [9.17, 15) is 49.3 Å². The van der Waals surface area contributed by atoms with E-state index in [1.165, 1.54) is 46.9 Å². The van der Waals surface area contributed by atoms with E-state index in [-0.39, 0.29) is 59.7 Å². The zero-order chi connectivity index (χ0) is 38.1. The van der Waals surface area contributed by atoms with Crippen molar-refractivity contribution in [2.45, 2.75) is 48.7 Å². The Bertz CT molecular complexity index is 1830. The lowest BCUT2D eigenvalue weighted by Gasteiger charge is -2.41. The SMILES string of the molecule is CC(C)(O/N=C(\C(=O)N[C@@H]1C(=O)N2C[C@H](N3CCN(NC(=O)CCNC(=O)C(NO)c4ccc(O)c(O)c4Cl)C3=O)S[C@H]12)c1csc(N)n1)C(=O)O. The number of aromatic nitrogens is 1. The normalized spacial score (nSPS) is 20.7. The van der Waals surface area contributed by atoms with E-state index >= 15 is 0 Å². The number of oxime groups is 1. The molecule has 0 bridgehead atoms. The number of hydroxylamine groups is 1. The molecule has 0 saturated carbocycles. The maximum atomic E-state index is 13.3. The van der Waals surface area contributed by atoms with Crippen LogP contribution in [0.25, 0.3) is 0 Å². The van der Waals surface area contributed by atoms with Crippen molar-refractivity contribution in [2.24, 2.45) is 5.16 Å². The number of carbonyl (C=O) groups is 6. The summed E-state index contributed by atoms with van der Waals surface area (Å²) in [6.07, 6.45) is -0.260. The minimum absolute atomic E-state index is 0.0143. The Balaban J connectivity index is 1.12. The number of carboxylic acids is 1. The van der Waals surface area contributed by atoms with Crippen LogP contribution in [-0.2, 0) is 28.8 Å². The predicted molar refractivity (Wildman–Crippen MR) is 182 cm³/mol. The summed E-state index contributed by atoms with van der Waals surface area (Å²) >= 11 is 8.24. The lowest BCUT2D eigenvalue weighted by atomic mass is 10.1. The van der Waals surface area contributed by atoms with Gasteiger partial charge in [0.15, 0.2) is 22.3 Å². The Hall–Kier alpha value is -5.10. The third-order valence-electron chi connectivity index (χ3n) is 8.06. The highest BCUT2D eigenvalue weighted by Crippen LogP contribution is 2.42. The third kappa shape index (κ3) is 7.72. The molecule has 3 aliphatic heterocycles. The number of phenolic OH excluding ortho intramolecular Hbond substituents is 2. The van der Waals surface area contributed by atoms with Gasteiger partial charge in [-0.15, -0.1) is 23.1 Å². The van der Waals surface area contributed by atoms with Gasteiger partial charge in [-0.05, 0) is 19.9 Å². The zero-order valence-electron chi connectivity index (χ0n) is 27.2. The molecular weight excluding hydrogens is 752 g/mol. The van der Waals surface area contributed by atoms with E-state index in [2.05, 4.69) is 26.2 Å². The number of thiazole rings is 1. The van der Waals surface area contributed by atoms with Crippen molar-refractivity contribution >= 4 is 81.2 Å². The number of urea groups is 1. The van der Waals surface area contributed by atoms with E-state index < -0.39 is 75.6 Å². The van der Waals surface area contributed by atoms with Crippen molar-refractivity contribution in [2.75, 3.05) is 31.9 Å². The molecule has 4 heterocycles. The fourth-order valence-corrected chi connectivity index (χ4v) is 7.56. The van der Waals surface area contributed by atoms with Crippen LogP contribution in [0, 0.1) is 0 Å². The molecule has 3 fully saturated rings. The number of nitrogens with one attached hydrogen (secondary N) is 4. The number of nitrogens with zero attached hydrogens (tertiary/aromatic N) is 5. The summed E-state index contributed by atoms with van der Waals surface area (Å²) in [5.74, 6) is -5.23. The summed E-state index contributed by atoms with van der Waals surface area (Å²) in [7, 11) is 0. The molecule has 10 N–H and O–H groups in total. The number of aliphatic carboxylic acids is 1. The molecule has 3 aliphatic rings. The number of phenols is 2. The van der Waals surface area contributed by atoms with Crippen molar-refractivity contribution in [3.8, 4) is 11.5 Å². The number of halogens is 1. The van der Waals surface area contributed by atoms with Crippen LogP contribution in [0.4, 0.5) is 9.93 Å². The molecule has 5 rings (SSSR count). The van der Waals surface area contributed by atoms with E-state index in [4.69, 9.17) is 22.2 Å². The fraction of sp³-hybridized carbons (Fsp3) is 0.429. The number of hydrogen-bond acceptors (Lipinski definition) is 16. The van der Waals surface area contributed by atoms with Gasteiger partial charge in [0.25, 0.3) is 5.91 Å². The number of carboxylic acid groups (broad SMARTS) is 1. The molecule has 24 heteroatoms. The number of hydrogen-bond donors (Lipinski definition) is 9. The summed E-state index contributed by atoms with van der Waals surface area (Å²) in [6.45, 7) is 2.75. The Morgan fingerprint density at radius 1 is 1.19 bits per heavy atom. The molecular formula is C28H33ClN10O11S2. The minimum atomic E-state index is -1.78. The highest BCUT2D eigenvalue weighted by atomic mass is 35.5. The van der Waals surface area contributed by atoms with E-state index in [1.54, 1.807) is 5.48 Å². The average Bonchev–Trinajstić information content (AvgIpc) is 3.80. The standard InChI is InChI=1S/C28H33ClN10O11S2/c1-28(2,25(46)47)50-36-18(12-10-51-26(30)32-12)22(44)33-19-23(45)38-9-15(52-24(19)38)37-7-8-39(27(37)48)34-14(41)5-6-31-21(43)17(35-49)11-3-4-13(40)20(42)16(11)29/h3-4,10,15,17,19,24,35,40,42,49H,5-9H2,1-2H3,(H2,30,32)(H,31,43)(H,33,44)(H,34,41)(H,46,47)/b36-18-/t15-,17?,19-,24-/m1/s1. The topological polar surface area (TPSA) is 302 Å². The Morgan fingerprint density at radius 3 is 2.58 bits per heavy atom. The summed E-state index contributed by atoms with van der Waals surface area (Å²) in [4.78, 5) is 88.3. The Morgan fingerprint density at radius 2 is 1.92 bits per heavy atom. The van der Waals surface area contributed by atoms with E-state index in [0.29, 0.717) is 0 Å². The predicted octanol–water partition coefficient (Wildman–Crippen LogP) is -0.905. The number of thioether (sulfide) groups is 1. The van der Waals surface area contributed by atoms with Crippen molar-refractivity contribution in [3.63, 3.8) is 0 Å². The van der Waals surface area contributed by atoms with Crippen molar-refractivity contribution in [3.05, 3.63) is 33.8 Å². The fourth-order valence-electron chi connectivity index (χ4n) is 5.15. The number of fused-ring (bicyclic) bond motifs is 1. The molecule has 52 heavy (non-hydrogen) atoms. The number of hydrazine groups is 1. The molecule has 280 valence electrons. The van der Waals surface area contributed by atoms with Crippen molar-refractivity contribution in [1.82, 2.24) is 41.3 Å². The molecule has 0 spiro atoms. The first-order chi connectivity index (χ1) is 24.5. The van der Waals surface area contributed by atoms with Crippen LogP contribution < -0.4 is 27.3 Å². The molecule has 0 aliphatic carbocycles. The van der Waals surface area contributed by atoms with Crippen molar-refractivity contribution in [1.29, 1.82) is 0 Å². The van der Waals surface area contributed by atoms with Crippen LogP contribution in [0.3, 0.4) is 0 Å². The number of nitrogens with two attached hydrogens (primary N) is 1. The lowest BCUT2D eigenvalue weighted by molar-refractivity contribution is -0.161. The van der Waals surface area contributed by atoms with Gasteiger partial charge in [-0.25, -0.2) is 19.6 Å². The van der Waals surface area contributed by atoms with E-state index in [1.807, 2.05) is 0 Å². The maximum Gasteiger partial charge on any atom is 0.350 e. The van der Waals surface area contributed by atoms with Gasteiger partial charge in [0.05, 0.1) is 23.5 Å². The molecule has 2 aromatic rings. The lowest BCUT2D eigenvalue weighted by Crippen LogP contribution is -2.68. The molecule has 0 radical (unpaired) electrons. The minimum Gasteiger partial charge on any atom is -0.504 e. The largest absolute Gasteiger partial charge is 0.504 e. The number of amides is 6. The first-order valence-electron chi connectivity index (χ1n) is 15.3. The van der Waals surface area contributed by atoms with Crippen LogP contribution in [-0.4, -0.2) is 130 Å². The summed E-state index contributed by atoms with van der Waals surface area (Å²) in [5.41, 5.74) is 7.74. The summed E-state index contributed by atoms with van der Waals surface area (Å²) < 4.78 is 0. The van der Waals surface area contributed by atoms with Gasteiger partial charge >= 0.3 is 12.0 Å². The summed E-state index contributed by atoms with van der Waals surface area (Å²) in [5, 5.41) is 48.2. The number of β-lactam (4-membered cyclic amide) rings is 1. The molecule has 1 unspecified atom stereocenters. The monoisotopic (exact) mass is 784 g/mol. The number of anilines is 1. The average molecular weight is 785 g/mol. The van der Waals surface area contributed by atoms with Crippen LogP contribution in [0.15, 0.2) is 22.7 Å². The summed E-state index contributed by atoms with van der Waals surface area (Å²) in [6, 6.07) is -0.685. The highest BCUT2D eigenvalue weighted by molar-refractivity contribution is 8.00. The van der Waals surface area contributed by atoms with Gasteiger partial charge in [0.1, 0.15) is 23.2 Å². The van der Waals surface area contributed by atoms with Crippen LogP contribution in [0.1, 0.15) is 37.6 Å². The number of carbonyl (C=O) groups excluding carboxylic acids is 5. The zero-order valence-corrected chi connectivity index (χ0v) is 29.6. The molecule has 21 nitrogen and oxygen atoms in total. The first-order valence-corrected chi connectivity index (χ1v) is 17.5. The van der Waals surface area contributed by atoms with Gasteiger partial charge in [0.2, 0.25) is 23.3 Å². The molecule has 3 saturated heterocycles. The van der Waals surface area contributed by atoms with Gasteiger partial charge in [-0.3, -0.25) is 24.6 Å². The molecule has 1 aromatic carbocycles. The number of rotatable bonds is 14. The second-order valence-electron chi connectivity index (χ2n) is 11.9. The quantitative estimate of drug-likeness (QED) is 0.0485. The second-order valence-corrected chi connectivity index (χ2v) is 14.5. The second kappa shape index (κ2) is 15.2. The Labute approximate surface area is 307 Å². The molecule has 4 atom stereocenters. The number of benzene rings is 1. The van der Waals surface area contributed by atoms with Crippen LogP contribution in [0.5, 0.6) is 11.5 Å². The number of nitrogen functional groups attached to an aromatic ring is 1. The van der Waals surface area contributed by atoms with Crippen LogP contribution in [0.2, 0.25) is 5.02 Å². The third-order valence-corrected chi connectivity index (χ3v) is 10.7. The van der Waals surface area contributed by atoms with Gasteiger partial charge in [-0.1, -0.05) is 22.8 Å². The van der Waals surface area contributed by atoms with E-state index in [0.717, 1.165) is 22.4 Å². The smallest absolute Gasteiger partial charge is 0.350 e. The van der Waals surface area contributed by atoms with Crippen LogP contribution >= 0.6 is 34.7 Å². The van der Waals surface area contributed by atoms with Gasteiger partial charge < -0.3 is 51.5 Å².